The van der Waals surface area contributed by atoms with E-state index in [9.17, 15) is 18.0 Å². The first kappa shape index (κ1) is 19.2. The second-order valence-corrected chi connectivity index (χ2v) is 6.75. The van der Waals surface area contributed by atoms with E-state index in [1.165, 1.54) is 12.1 Å². The third-order valence-corrected chi connectivity index (χ3v) is 4.71. The standard InChI is InChI=1S/C20H21F3N2O2/c1-14-12-18(6-9-24-14)27-13-15-7-10-25(11-8-15)19(26)16-2-4-17(5-3-16)20(21,22)23/h2-6,9,12,15H,7-8,10-11,13H2,1H3. The van der Waals surface area contributed by atoms with Gasteiger partial charge in [-0.2, -0.15) is 13.2 Å². The third kappa shape index (κ3) is 4.99. The molecule has 7 heteroatoms. The fourth-order valence-corrected chi connectivity index (χ4v) is 3.11. The summed E-state index contributed by atoms with van der Waals surface area (Å²) < 4.78 is 43.7. The SMILES string of the molecule is Cc1cc(OCC2CCN(C(=O)c3ccc(C(F)(F)F)cc3)CC2)ccn1. The van der Waals surface area contributed by atoms with E-state index in [4.69, 9.17) is 4.74 Å². The molecule has 0 N–H and O–H groups in total. The maximum Gasteiger partial charge on any atom is 0.416 e. The molecule has 1 saturated heterocycles. The molecule has 0 atom stereocenters. The van der Waals surface area contributed by atoms with E-state index >= 15 is 0 Å². The van der Waals surface area contributed by atoms with Crippen LogP contribution in [0.5, 0.6) is 5.75 Å². The maximum atomic E-state index is 12.6. The zero-order valence-electron chi connectivity index (χ0n) is 15.0. The minimum Gasteiger partial charge on any atom is -0.493 e. The van der Waals surface area contributed by atoms with Crippen LogP contribution in [-0.2, 0) is 6.18 Å². The Balaban J connectivity index is 1.50. The molecule has 2 aromatic rings. The van der Waals surface area contributed by atoms with Gasteiger partial charge in [0.15, 0.2) is 0 Å². The van der Waals surface area contributed by atoms with Gasteiger partial charge in [0.25, 0.3) is 5.91 Å². The number of benzene rings is 1. The Labute approximate surface area is 156 Å². The van der Waals surface area contributed by atoms with Gasteiger partial charge in [-0.3, -0.25) is 9.78 Å². The molecule has 0 unspecified atom stereocenters. The second-order valence-electron chi connectivity index (χ2n) is 6.75. The number of rotatable bonds is 4. The molecule has 0 bridgehead atoms. The van der Waals surface area contributed by atoms with E-state index in [2.05, 4.69) is 4.98 Å². The normalized spacial score (nSPS) is 15.6. The topological polar surface area (TPSA) is 42.4 Å². The lowest BCUT2D eigenvalue weighted by molar-refractivity contribution is -0.137. The first-order chi connectivity index (χ1) is 12.8. The average molecular weight is 378 g/mol. The first-order valence-corrected chi connectivity index (χ1v) is 8.85. The Kier molecular flexibility index (Phi) is 5.68. The highest BCUT2D eigenvalue weighted by molar-refractivity contribution is 5.94. The van der Waals surface area contributed by atoms with Crippen LogP contribution in [-0.4, -0.2) is 35.5 Å². The summed E-state index contributed by atoms with van der Waals surface area (Å²) in [7, 11) is 0. The van der Waals surface area contributed by atoms with E-state index in [0.29, 0.717) is 25.6 Å². The number of alkyl halides is 3. The van der Waals surface area contributed by atoms with Crippen LogP contribution in [0.3, 0.4) is 0 Å². The molecule has 0 saturated carbocycles. The van der Waals surface area contributed by atoms with Gasteiger partial charge in [-0.1, -0.05) is 0 Å². The highest BCUT2D eigenvalue weighted by Crippen LogP contribution is 2.29. The van der Waals surface area contributed by atoms with Gasteiger partial charge >= 0.3 is 6.18 Å². The molecule has 1 fully saturated rings. The molecule has 1 amide bonds. The number of carbonyl (C=O) groups is 1. The molecule has 1 aromatic heterocycles. The summed E-state index contributed by atoms with van der Waals surface area (Å²) >= 11 is 0. The number of nitrogens with zero attached hydrogens (tertiary/aromatic N) is 2. The molecule has 144 valence electrons. The number of hydrogen-bond donors (Lipinski definition) is 0. The van der Waals surface area contributed by atoms with Crippen LogP contribution in [0.4, 0.5) is 13.2 Å². The van der Waals surface area contributed by atoms with Crippen molar-refractivity contribution in [3.8, 4) is 5.75 Å². The predicted octanol–water partition coefficient (Wildman–Crippen LogP) is 4.34. The number of hydrogen-bond acceptors (Lipinski definition) is 3. The molecular weight excluding hydrogens is 357 g/mol. The predicted molar refractivity (Wildman–Crippen MR) is 94.5 cm³/mol. The van der Waals surface area contributed by atoms with E-state index in [1.807, 2.05) is 19.1 Å². The fourth-order valence-electron chi connectivity index (χ4n) is 3.11. The molecule has 3 rings (SSSR count). The summed E-state index contributed by atoms with van der Waals surface area (Å²) in [5.74, 6) is 0.897. The van der Waals surface area contributed by atoms with Crippen molar-refractivity contribution < 1.29 is 22.7 Å². The largest absolute Gasteiger partial charge is 0.493 e. The summed E-state index contributed by atoms with van der Waals surface area (Å²) in [5, 5.41) is 0. The van der Waals surface area contributed by atoms with Gasteiger partial charge in [0.2, 0.25) is 0 Å². The number of piperidine rings is 1. The van der Waals surface area contributed by atoms with Gasteiger partial charge in [0.1, 0.15) is 5.75 Å². The minimum atomic E-state index is -4.40. The van der Waals surface area contributed by atoms with Crippen molar-refractivity contribution in [1.29, 1.82) is 0 Å². The molecule has 0 radical (unpaired) electrons. The van der Waals surface area contributed by atoms with Crippen molar-refractivity contribution in [3.05, 3.63) is 59.4 Å². The number of halogens is 3. The van der Waals surface area contributed by atoms with Crippen LogP contribution < -0.4 is 4.74 Å². The van der Waals surface area contributed by atoms with Crippen molar-refractivity contribution >= 4 is 5.91 Å². The molecule has 0 aliphatic carbocycles. The van der Waals surface area contributed by atoms with Crippen molar-refractivity contribution in [2.45, 2.75) is 25.9 Å². The molecule has 1 aliphatic rings. The smallest absolute Gasteiger partial charge is 0.416 e. The van der Waals surface area contributed by atoms with Crippen LogP contribution in [0.15, 0.2) is 42.6 Å². The third-order valence-electron chi connectivity index (χ3n) is 4.71. The average Bonchev–Trinajstić information content (AvgIpc) is 2.66. The Morgan fingerprint density at radius 1 is 1.19 bits per heavy atom. The van der Waals surface area contributed by atoms with Crippen molar-refractivity contribution in [2.24, 2.45) is 5.92 Å². The van der Waals surface area contributed by atoms with E-state index in [-0.39, 0.29) is 11.5 Å². The van der Waals surface area contributed by atoms with Crippen LogP contribution in [0.2, 0.25) is 0 Å². The van der Waals surface area contributed by atoms with Crippen molar-refractivity contribution in [3.63, 3.8) is 0 Å². The van der Waals surface area contributed by atoms with Gasteiger partial charge in [-0.05, 0) is 56.0 Å². The number of likely N-dealkylation sites (tertiary alicyclic amines) is 1. The number of pyridine rings is 1. The molecule has 27 heavy (non-hydrogen) atoms. The monoisotopic (exact) mass is 378 g/mol. The van der Waals surface area contributed by atoms with Crippen LogP contribution in [0, 0.1) is 12.8 Å². The van der Waals surface area contributed by atoms with Gasteiger partial charge < -0.3 is 9.64 Å². The Bertz CT molecular complexity index is 783. The number of aryl methyl sites for hydroxylation is 1. The fraction of sp³-hybridized carbons (Fsp3) is 0.400. The van der Waals surface area contributed by atoms with Gasteiger partial charge in [0, 0.05) is 36.6 Å². The zero-order valence-corrected chi connectivity index (χ0v) is 15.0. The summed E-state index contributed by atoms with van der Waals surface area (Å²) in [4.78, 5) is 18.3. The summed E-state index contributed by atoms with van der Waals surface area (Å²) in [6, 6.07) is 8.08. The Morgan fingerprint density at radius 3 is 2.44 bits per heavy atom. The van der Waals surface area contributed by atoms with Crippen molar-refractivity contribution in [2.75, 3.05) is 19.7 Å². The lowest BCUT2D eigenvalue weighted by Gasteiger charge is -2.32. The molecule has 1 aromatic carbocycles. The van der Waals surface area contributed by atoms with Gasteiger partial charge in [-0.25, -0.2) is 0 Å². The van der Waals surface area contributed by atoms with Gasteiger partial charge in [0.05, 0.1) is 12.2 Å². The molecular formula is C20H21F3N2O2. The lowest BCUT2D eigenvalue weighted by atomic mass is 9.97. The summed E-state index contributed by atoms with van der Waals surface area (Å²) in [6.07, 6.45) is -1.09. The molecule has 1 aliphatic heterocycles. The van der Waals surface area contributed by atoms with Crippen LogP contribution in [0.25, 0.3) is 0 Å². The van der Waals surface area contributed by atoms with Crippen LogP contribution in [0.1, 0.15) is 34.5 Å². The Hall–Kier alpha value is -2.57. The zero-order chi connectivity index (χ0) is 19.4. The maximum absolute atomic E-state index is 12.6. The van der Waals surface area contributed by atoms with Gasteiger partial charge in [-0.15, -0.1) is 0 Å². The highest BCUT2D eigenvalue weighted by Gasteiger charge is 2.31. The number of aromatic nitrogens is 1. The quantitative estimate of drug-likeness (QED) is 0.795. The van der Waals surface area contributed by atoms with Crippen molar-refractivity contribution in [1.82, 2.24) is 9.88 Å². The summed E-state index contributed by atoms with van der Waals surface area (Å²) in [6.45, 7) is 3.62. The molecule has 4 nitrogen and oxygen atoms in total. The Morgan fingerprint density at radius 2 is 1.85 bits per heavy atom. The lowest BCUT2D eigenvalue weighted by Crippen LogP contribution is -2.39. The van der Waals surface area contributed by atoms with E-state index in [0.717, 1.165) is 36.4 Å². The number of ether oxygens (including phenoxy) is 1. The number of carbonyl (C=O) groups excluding carboxylic acids is 1. The molecule has 2 heterocycles. The number of amides is 1. The highest BCUT2D eigenvalue weighted by atomic mass is 19.4. The minimum absolute atomic E-state index is 0.229. The first-order valence-electron chi connectivity index (χ1n) is 8.85. The summed E-state index contributed by atoms with van der Waals surface area (Å²) in [5.41, 5.74) is 0.427. The van der Waals surface area contributed by atoms with Crippen LogP contribution >= 0.6 is 0 Å². The molecule has 0 spiro atoms. The van der Waals surface area contributed by atoms with E-state index < -0.39 is 11.7 Å². The second kappa shape index (κ2) is 7.98. The van der Waals surface area contributed by atoms with E-state index in [1.54, 1.807) is 11.1 Å².